The van der Waals surface area contributed by atoms with Gasteiger partial charge in [0.15, 0.2) is 21.2 Å². The molecule has 0 heterocycles. The average Bonchev–Trinajstić information content (AvgIpc) is 2.03. The smallest absolute Gasteiger partial charge is 0.282 e. The van der Waals surface area contributed by atoms with E-state index in [1.165, 1.54) is 18.2 Å². The number of halogens is 1. The maximum absolute atomic E-state index is 10.6. The summed E-state index contributed by atoms with van der Waals surface area (Å²) in [4.78, 5) is -0.212. The zero-order valence-electron chi connectivity index (χ0n) is 5.77. The van der Waals surface area contributed by atoms with E-state index in [0.717, 1.165) is 0 Å². The van der Waals surface area contributed by atoms with Crippen molar-refractivity contribution < 1.29 is 16.0 Å². The van der Waals surface area contributed by atoms with Crippen molar-refractivity contribution in [3.8, 4) is 0 Å². The van der Waals surface area contributed by atoms with Crippen LogP contribution in [0.25, 0.3) is 0 Å². The Balaban J connectivity index is 3.29. The Morgan fingerprint density at radius 2 is 2.00 bits per heavy atom. The van der Waals surface area contributed by atoms with Gasteiger partial charge in [-0.3, -0.25) is 7.62 Å². The van der Waals surface area contributed by atoms with Crippen LogP contribution in [0.2, 0.25) is 0 Å². The minimum Gasteiger partial charge on any atom is -0.282 e. The van der Waals surface area contributed by atoms with Gasteiger partial charge in [0.1, 0.15) is 0 Å². The molecular weight excluding hydrogens is 295 g/mol. The highest BCUT2D eigenvalue weighted by Crippen LogP contribution is 2.15. The number of rotatable bonds is 2. The molecule has 4 nitrogen and oxygen atoms in total. The molecule has 0 aliphatic rings. The summed E-state index contributed by atoms with van der Waals surface area (Å²) in [5.41, 5.74) is 0. The monoisotopic (exact) mass is 300 g/mol. The van der Waals surface area contributed by atoms with Crippen LogP contribution in [0.4, 0.5) is 0 Å². The molecule has 0 spiro atoms. The van der Waals surface area contributed by atoms with Crippen LogP contribution in [0.1, 0.15) is 0 Å². The van der Waals surface area contributed by atoms with Gasteiger partial charge >= 0.3 is 0 Å². The summed E-state index contributed by atoms with van der Waals surface area (Å²) < 4.78 is 40.6. The Hall–Kier alpha value is -0.340. The molecule has 6 heteroatoms. The topological polar surface area (TPSA) is 71.4 Å². The van der Waals surface area contributed by atoms with Gasteiger partial charge in [0.2, 0.25) is 0 Å². The summed E-state index contributed by atoms with van der Waals surface area (Å²) in [7, 11) is -4.16. The Labute approximate surface area is 80.0 Å². The van der Waals surface area contributed by atoms with Gasteiger partial charge in [-0.1, -0.05) is 6.07 Å². The second-order valence-corrected chi connectivity index (χ2v) is 5.12. The van der Waals surface area contributed by atoms with Crippen molar-refractivity contribution in [2.75, 3.05) is 0 Å². The molecule has 0 aliphatic heterocycles. The molecule has 0 saturated heterocycles. The summed E-state index contributed by atoms with van der Waals surface area (Å²) in [5.74, 6) is 0. The summed E-state index contributed by atoms with van der Waals surface area (Å²) in [6, 6.07) is 5.44. The lowest BCUT2D eigenvalue weighted by molar-refractivity contribution is 0.483. The van der Waals surface area contributed by atoms with E-state index in [-0.39, 0.29) is 4.90 Å². The molecule has 0 atom stereocenters. The first-order chi connectivity index (χ1) is 5.54. The van der Waals surface area contributed by atoms with Gasteiger partial charge in [-0.05, 0) is 18.2 Å². The third-order valence-electron chi connectivity index (χ3n) is 1.18. The molecule has 1 N–H and O–H groups in total. The second kappa shape index (κ2) is 3.58. The van der Waals surface area contributed by atoms with Gasteiger partial charge in [0, 0.05) is 3.57 Å². The normalized spacial score (nSPS) is 11.4. The minimum absolute atomic E-state index is 0.212. The van der Waals surface area contributed by atoms with Crippen LogP contribution < -0.4 is 0 Å². The van der Waals surface area contributed by atoms with E-state index in [4.69, 9.17) is 4.55 Å². The molecule has 66 valence electrons. The van der Waals surface area contributed by atoms with E-state index in [0.29, 0.717) is 3.57 Å². The lowest BCUT2D eigenvalue weighted by atomic mass is 10.4. The van der Waals surface area contributed by atoms with Crippen molar-refractivity contribution in [3.63, 3.8) is 0 Å². The predicted molar refractivity (Wildman–Crippen MR) is 49.7 cm³/mol. The third kappa shape index (κ3) is 2.32. The van der Waals surface area contributed by atoms with Gasteiger partial charge in [-0.15, -0.1) is 0 Å². The summed E-state index contributed by atoms with van der Waals surface area (Å²) in [6.07, 6.45) is 0. The maximum atomic E-state index is 10.6. The van der Waals surface area contributed by atoms with E-state index in [9.17, 15) is 11.5 Å². The lowest BCUT2D eigenvalue weighted by Gasteiger charge is -1.95. The molecule has 0 fully saturated rings. The Morgan fingerprint density at radius 1 is 1.33 bits per heavy atom. The summed E-state index contributed by atoms with van der Waals surface area (Å²) >= 11 is -1.38. The van der Waals surface area contributed by atoms with E-state index in [1.54, 1.807) is 6.07 Å². The maximum Gasteiger partial charge on any atom is 0.294 e. The fraction of sp³-hybridized carbons (Fsp3) is 0. The largest absolute Gasteiger partial charge is 0.294 e. The predicted octanol–water partition coefficient (Wildman–Crippen LogP) is 1.42. The van der Waals surface area contributed by atoms with Crippen LogP contribution in [-0.4, -0.2) is 13.0 Å². The number of hydrogen-bond donors (Lipinski definition) is 1. The summed E-state index contributed by atoms with van der Waals surface area (Å²) in [5, 5.41) is 0. The lowest BCUT2D eigenvalue weighted by Crippen LogP contribution is -1.97. The Bertz CT molecular complexity index is 398. The van der Waals surface area contributed by atoms with Crippen molar-refractivity contribution in [1.82, 2.24) is 0 Å². The first-order valence-electron chi connectivity index (χ1n) is 2.88. The van der Waals surface area contributed by atoms with Crippen molar-refractivity contribution >= 4 is 31.3 Å². The average molecular weight is 300 g/mol. The molecule has 0 bridgehead atoms. The Morgan fingerprint density at radius 3 is 2.50 bits per heavy atom. The van der Waals surface area contributed by atoms with E-state index < -0.39 is 31.3 Å². The molecule has 1 aromatic rings. The SMILES string of the molecule is O=Ic1cccc(S(=O)(=O)O)c1. The fourth-order valence-electron chi connectivity index (χ4n) is 0.675. The number of hydrogen-bond acceptors (Lipinski definition) is 3. The van der Waals surface area contributed by atoms with Gasteiger partial charge < -0.3 is 0 Å². The number of benzene rings is 1. The quantitative estimate of drug-likeness (QED) is 0.662. The molecule has 0 aromatic heterocycles. The van der Waals surface area contributed by atoms with E-state index >= 15 is 0 Å². The van der Waals surface area contributed by atoms with Crippen LogP contribution in [0.15, 0.2) is 29.2 Å². The van der Waals surface area contributed by atoms with Crippen LogP contribution in [-0.2, 0) is 13.2 Å². The van der Waals surface area contributed by atoms with Gasteiger partial charge in [0.05, 0.1) is 4.90 Å². The zero-order valence-corrected chi connectivity index (χ0v) is 8.74. The van der Waals surface area contributed by atoms with Crippen molar-refractivity contribution in [2.45, 2.75) is 4.90 Å². The van der Waals surface area contributed by atoms with Crippen LogP contribution >= 0.6 is 21.2 Å². The first-order valence-corrected chi connectivity index (χ1v) is 6.28. The van der Waals surface area contributed by atoms with Crippen LogP contribution in [0, 0.1) is 3.57 Å². The molecule has 0 radical (unpaired) electrons. The molecule has 0 aliphatic carbocycles. The highest BCUT2D eigenvalue weighted by atomic mass is 127. The molecule has 1 aromatic carbocycles. The fourth-order valence-corrected chi connectivity index (χ4v) is 2.23. The highest BCUT2D eigenvalue weighted by molar-refractivity contribution is 14.1. The third-order valence-corrected chi connectivity index (χ3v) is 3.21. The van der Waals surface area contributed by atoms with E-state index in [1.807, 2.05) is 0 Å². The van der Waals surface area contributed by atoms with Gasteiger partial charge in [0.25, 0.3) is 10.1 Å². The van der Waals surface area contributed by atoms with Crippen molar-refractivity contribution in [2.24, 2.45) is 0 Å². The van der Waals surface area contributed by atoms with Crippen molar-refractivity contribution in [3.05, 3.63) is 27.8 Å². The molecule has 0 amide bonds. The molecule has 0 unspecified atom stereocenters. The standard InChI is InChI=1S/C6H5IO4S/c8-7-5-2-1-3-6(4-5)12(9,10)11/h1-4H,(H,9,10,11). The van der Waals surface area contributed by atoms with Gasteiger partial charge in [-0.2, -0.15) is 8.42 Å². The highest BCUT2D eigenvalue weighted by Gasteiger charge is 2.08. The zero-order chi connectivity index (χ0) is 9.19. The van der Waals surface area contributed by atoms with Crippen LogP contribution in [0.5, 0.6) is 0 Å². The Kier molecular flexibility index (Phi) is 2.91. The first kappa shape index (κ1) is 9.75. The molecule has 0 saturated carbocycles. The van der Waals surface area contributed by atoms with Crippen molar-refractivity contribution in [1.29, 1.82) is 0 Å². The van der Waals surface area contributed by atoms with Crippen LogP contribution in [0.3, 0.4) is 0 Å². The molecule has 12 heavy (non-hydrogen) atoms. The second-order valence-electron chi connectivity index (χ2n) is 2.01. The summed E-state index contributed by atoms with van der Waals surface area (Å²) in [6.45, 7) is 0. The van der Waals surface area contributed by atoms with Gasteiger partial charge in [-0.25, -0.2) is 0 Å². The molecular formula is C6H5IO4S. The van der Waals surface area contributed by atoms with E-state index in [2.05, 4.69) is 0 Å². The minimum atomic E-state index is -4.16. The molecule has 1 rings (SSSR count).